The fourth-order valence-electron chi connectivity index (χ4n) is 1.46. The molecule has 1 fully saturated rings. The van der Waals surface area contributed by atoms with Crippen LogP contribution in [0.25, 0.3) is 0 Å². The predicted molar refractivity (Wildman–Crippen MR) is 49.9 cm³/mol. The summed E-state index contributed by atoms with van der Waals surface area (Å²) in [6, 6.07) is 0.497. The summed E-state index contributed by atoms with van der Waals surface area (Å²) >= 11 is 0. The lowest BCUT2D eigenvalue weighted by molar-refractivity contribution is -0.125. The summed E-state index contributed by atoms with van der Waals surface area (Å²) in [6.07, 6.45) is 5.76. The fraction of sp³-hybridized carbons (Fsp3) is 0.900. The summed E-state index contributed by atoms with van der Waals surface area (Å²) in [5.74, 6) is 0.456. The van der Waals surface area contributed by atoms with Crippen LogP contribution in [-0.4, -0.2) is 11.9 Å². The van der Waals surface area contributed by atoms with Crippen molar-refractivity contribution in [3.8, 4) is 0 Å². The second-order valence-corrected chi connectivity index (χ2v) is 3.83. The predicted octanol–water partition coefficient (Wildman–Crippen LogP) is 2.09. The molecule has 0 aromatic carbocycles. The van der Waals surface area contributed by atoms with Crippen molar-refractivity contribution in [2.75, 3.05) is 0 Å². The summed E-state index contributed by atoms with van der Waals surface area (Å²) in [5.41, 5.74) is 0. The molecule has 0 bridgehead atoms. The zero-order valence-corrected chi connectivity index (χ0v) is 8.10. The largest absolute Gasteiger partial charge is 0.353 e. The van der Waals surface area contributed by atoms with Crippen molar-refractivity contribution in [1.29, 1.82) is 0 Å². The molecule has 0 aromatic heterocycles. The van der Waals surface area contributed by atoms with E-state index >= 15 is 0 Å². The quantitative estimate of drug-likeness (QED) is 0.686. The van der Waals surface area contributed by atoms with Gasteiger partial charge in [0, 0.05) is 12.0 Å². The highest BCUT2D eigenvalue weighted by molar-refractivity contribution is 5.78. The number of nitrogens with one attached hydrogen (secondary N) is 1. The topological polar surface area (TPSA) is 29.1 Å². The summed E-state index contributed by atoms with van der Waals surface area (Å²) in [7, 11) is 0. The maximum Gasteiger partial charge on any atom is 0.223 e. The van der Waals surface area contributed by atoms with Crippen molar-refractivity contribution >= 4 is 5.91 Å². The van der Waals surface area contributed by atoms with E-state index in [0.29, 0.717) is 6.04 Å². The van der Waals surface area contributed by atoms with Crippen LogP contribution in [0.15, 0.2) is 0 Å². The highest BCUT2D eigenvalue weighted by Crippen LogP contribution is 2.18. The number of hydrogen-bond acceptors (Lipinski definition) is 1. The van der Waals surface area contributed by atoms with E-state index in [1.165, 1.54) is 19.3 Å². The van der Waals surface area contributed by atoms with Crippen LogP contribution in [0.2, 0.25) is 0 Å². The van der Waals surface area contributed by atoms with Gasteiger partial charge in [-0.2, -0.15) is 0 Å². The molecular weight excluding hydrogens is 150 g/mol. The van der Waals surface area contributed by atoms with Crippen molar-refractivity contribution < 1.29 is 4.79 Å². The van der Waals surface area contributed by atoms with Crippen LogP contribution >= 0.6 is 0 Å². The lowest BCUT2D eigenvalue weighted by Gasteiger charge is -2.27. The van der Waals surface area contributed by atoms with Gasteiger partial charge in [-0.15, -0.1) is 0 Å². The van der Waals surface area contributed by atoms with Gasteiger partial charge in [0.1, 0.15) is 0 Å². The third kappa shape index (κ3) is 2.50. The molecule has 0 spiro atoms. The molecule has 1 unspecified atom stereocenters. The maximum absolute atomic E-state index is 11.4. The van der Waals surface area contributed by atoms with Crippen LogP contribution in [0.5, 0.6) is 0 Å². The number of carbonyl (C=O) groups is 1. The molecule has 0 radical (unpaired) electrons. The Balaban J connectivity index is 2.16. The Bertz CT molecular complexity index is 152. The van der Waals surface area contributed by atoms with Crippen LogP contribution in [0, 0.1) is 5.92 Å². The second-order valence-electron chi connectivity index (χ2n) is 3.83. The third-order valence-corrected chi connectivity index (χ3v) is 2.62. The molecule has 1 amide bonds. The molecule has 0 heterocycles. The van der Waals surface area contributed by atoms with Gasteiger partial charge in [0.25, 0.3) is 0 Å². The first kappa shape index (κ1) is 9.56. The Morgan fingerprint density at radius 2 is 2.25 bits per heavy atom. The number of rotatable bonds is 4. The molecule has 1 rings (SSSR count). The molecule has 2 heteroatoms. The van der Waals surface area contributed by atoms with Crippen LogP contribution in [0.1, 0.15) is 46.0 Å². The van der Waals surface area contributed by atoms with Gasteiger partial charge >= 0.3 is 0 Å². The lowest BCUT2D eigenvalue weighted by Crippen LogP contribution is -2.41. The average Bonchev–Trinajstić information content (AvgIpc) is 1.97. The van der Waals surface area contributed by atoms with E-state index in [1.54, 1.807) is 0 Å². The van der Waals surface area contributed by atoms with Crippen LogP contribution in [0.3, 0.4) is 0 Å². The Kier molecular flexibility index (Phi) is 3.57. The Morgan fingerprint density at radius 1 is 1.58 bits per heavy atom. The van der Waals surface area contributed by atoms with Gasteiger partial charge in [0.15, 0.2) is 0 Å². The number of hydrogen-bond donors (Lipinski definition) is 1. The molecule has 0 saturated heterocycles. The van der Waals surface area contributed by atoms with E-state index in [9.17, 15) is 4.79 Å². The van der Waals surface area contributed by atoms with Gasteiger partial charge in [-0.1, -0.05) is 20.3 Å². The molecule has 2 nitrogen and oxygen atoms in total. The normalized spacial score (nSPS) is 19.8. The first-order valence-corrected chi connectivity index (χ1v) is 5.04. The third-order valence-electron chi connectivity index (χ3n) is 2.62. The smallest absolute Gasteiger partial charge is 0.223 e. The molecule has 12 heavy (non-hydrogen) atoms. The van der Waals surface area contributed by atoms with Crippen molar-refractivity contribution in [2.45, 2.75) is 52.0 Å². The van der Waals surface area contributed by atoms with Gasteiger partial charge in [-0.25, -0.2) is 0 Å². The molecule has 1 saturated carbocycles. The summed E-state index contributed by atoms with van der Waals surface area (Å²) in [4.78, 5) is 11.4. The Morgan fingerprint density at radius 3 is 2.67 bits per heavy atom. The molecule has 70 valence electrons. The molecule has 0 aromatic rings. The maximum atomic E-state index is 11.4. The lowest BCUT2D eigenvalue weighted by atomic mass is 9.92. The van der Waals surface area contributed by atoms with Gasteiger partial charge in [-0.05, 0) is 25.7 Å². The zero-order valence-electron chi connectivity index (χ0n) is 8.10. The van der Waals surface area contributed by atoms with Gasteiger partial charge in [0.05, 0.1) is 0 Å². The van der Waals surface area contributed by atoms with Crippen molar-refractivity contribution in [2.24, 2.45) is 5.92 Å². The highest BCUT2D eigenvalue weighted by atomic mass is 16.1. The first-order chi connectivity index (χ1) is 5.74. The van der Waals surface area contributed by atoms with Crippen LogP contribution in [0.4, 0.5) is 0 Å². The Hall–Kier alpha value is -0.530. The molecule has 1 N–H and O–H groups in total. The molecule has 1 aliphatic carbocycles. The minimum atomic E-state index is 0.204. The van der Waals surface area contributed by atoms with E-state index in [2.05, 4.69) is 12.2 Å². The second kappa shape index (κ2) is 4.48. The SMILES string of the molecule is CCCC(C)C(=O)NC1CCC1. The monoisotopic (exact) mass is 169 g/mol. The zero-order chi connectivity index (χ0) is 8.97. The molecule has 1 aliphatic rings. The Labute approximate surface area is 74.7 Å². The van der Waals surface area contributed by atoms with Gasteiger partial charge in [-0.3, -0.25) is 4.79 Å². The summed E-state index contributed by atoms with van der Waals surface area (Å²) in [6.45, 7) is 4.13. The van der Waals surface area contributed by atoms with E-state index in [1.807, 2.05) is 6.92 Å². The summed E-state index contributed by atoms with van der Waals surface area (Å²) in [5, 5.41) is 3.06. The van der Waals surface area contributed by atoms with Crippen molar-refractivity contribution in [3.05, 3.63) is 0 Å². The number of carbonyl (C=O) groups excluding carboxylic acids is 1. The van der Waals surface area contributed by atoms with E-state index in [-0.39, 0.29) is 11.8 Å². The van der Waals surface area contributed by atoms with Crippen molar-refractivity contribution in [1.82, 2.24) is 5.32 Å². The summed E-state index contributed by atoms with van der Waals surface area (Å²) < 4.78 is 0. The number of amides is 1. The highest BCUT2D eigenvalue weighted by Gasteiger charge is 2.21. The van der Waals surface area contributed by atoms with Gasteiger partial charge in [0.2, 0.25) is 5.91 Å². The minimum absolute atomic E-state index is 0.204. The van der Waals surface area contributed by atoms with E-state index in [4.69, 9.17) is 0 Å². The van der Waals surface area contributed by atoms with E-state index < -0.39 is 0 Å². The minimum Gasteiger partial charge on any atom is -0.353 e. The molecule has 0 aliphatic heterocycles. The van der Waals surface area contributed by atoms with Gasteiger partial charge < -0.3 is 5.32 Å². The van der Waals surface area contributed by atoms with Crippen LogP contribution < -0.4 is 5.32 Å². The van der Waals surface area contributed by atoms with Crippen LogP contribution in [-0.2, 0) is 4.79 Å². The molecular formula is C10H19NO. The average molecular weight is 169 g/mol. The van der Waals surface area contributed by atoms with Crippen molar-refractivity contribution in [3.63, 3.8) is 0 Å². The first-order valence-electron chi connectivity index (χ1n) is 5.04. The van der Waals surface area contributed by atoms with E-state index in [0.717, 1.165) is 12.8 Å². The standard InChI is InChI=1S/C10H19NO/c1-3-5-8(2)10(12)11-9-6-4-7-9/h8-9H,3-7H2,1-2H3,(H,11,12). The molecule has 1 atom stereocenters. The fourth-order valence-corrected chi connectivity index (χ4v) is 1.46.